The molecular formula is C16H16N2O2S. The van der Waals surface area contributed by atoms with E-state index in [-0.39, 0.29) is 5.91 Å². The minimum Gasteiger partial charge on any atom is -0.366 e. The van der Waals surface area contributed by atoms with E-state index in [0.29, 0.717) is 11.3 Å². The number of amides is 2. The molecule has 0 fully saturated rings. The first-order chi connectivity index (χ1) is 10.1. The van der Waals surface area contributed by atoms with Crippen LogP contribution in [0.4, 0.5) is 5.69 Å². The molecule has 1 aliphatic carbocycles. The molecule has 0 bridgehead atoms. The van der Waals surface area contributed by atoms with Crippen LogP contribution in [0.15, 0.2) is 29.6 Å². The number of carbonyl (C=O) groups excluding carboxylic acids is 2. The second kappa shape index (κ2) is 5.69. The fraction of sp³-hybridized carbons (Fsp3) is 0.250. The van der Waals surface area contributed by atoms with Crippen LogP contribution in [0.2, 0.25) is 0 Å². The third kappa shape index (κ3) is 2.83. The molecule has 0 unspecified atom stereocenters. The Hall–Kier alpha value is -2.14. The van der Waals surface area contributed by atoms with E-state index in [2.05, 4.69) is 5.32 Å². The van der Waals surface area contributed by atoms with Gasteiger partial charge in [-0.2, -0.15) is 0 Å². The largest absolute Gasteiger partial charge is 0.366 e. The lowest BCUT2D eigenvalue weighted by Crippen LogP contribution is -2.15. The van der Waals surface area contributed by atoms with E-state index < -0.39 is 5.91 Å². The maximum Gasteiger partial charge on any atom is 0.256 e. The van der Waals surface area contributed by atoms with E-state index in [1.54, 1.807) is 35.6 Å². The third-order valence-corrected chi connectivity index (χ3v) is 4.82. The van der Waals surface area contributed by atoms with Crippen LogP contribution < -0.4 is 11.1 Å². The molecule has 0 aliphatic heterocycles. The lowest BCUT2D eigenvalue weighted by atomic mass is 9.95. The highest BCUT2D eigenvalue weighted by molar-refractivity contribution is 7.10. The highest BCUT2D eigenvalue weighted by atomic mass is 32.1. The smallest absolute Gasteiger partial charge is 0.256 e. The maximum absolute atomic E-state index is 12.4. The van der Waals surface area contributed by atoms with Crippen LogP contribution in [-0.2, 0) is 12.8 Å². The first-order valence-electron chi connectivity index (χ1n) is 6.95. The number of hydrogen-bond acceptors (Lipinski definition) is 3. The van der Waals surface area contributed by atoms with Gasteiger partial charge in [-0.25, -0.2) is 0 Å². The van der Waals surface area contributed by atoms with Crippen LogP contribution in [0, 0.1) is 0 Å². The molecule has 3 rings (SSSR count). The summed E-state index contributed by atoms with van der Waals surface area (Å²) in [6.07, 6.45) is 4.43. The number of anilines is 1. The van der Waals surface area contributed by atoms with Gasteiger partial charge in [0.15, 0.2) is 0 Å². The quantitative estimate of drug-likeness (QED) is 0.914. The summed E-state index contributed by atoms with van der Waals surface area (Å²) in [6.45, 7) is 0. The summed E-state index contributed by atoms with van der Waals surface area (Å²) < 4.78 is 0. The van der Waals surface area contributed by atoms with Gasteiger partial charge < -0.3 is 11.1 Å². The molecule has 1 heterocycles. The molecule has 0 spiro atoms. The number of rotatable bonds is 3. The van der Waals surface area contributed by atoms with Crippen molar-refractivity contribution in [3.8, 4) is 0 Å². The van der Waals surface area contributed by atoms with Crippen LogP contribution in [0.1, 0.15) is 44.0 Å². The molecule has 108 valence electrons. The molecule has 4 nitrogen and oxygen atoms in total. The van der Waals surface area contributed by atoms with Crippen LogP contribution in [0.5, 0.6) is 0 Å². The normalized spacial score (nSPS) is 13.5. The molecular weight excluding hydrogens is 284 g/mol. The van der Waals surface area contributed by atoms with E-state index in [1.165, 1.54) is 16.9 Å². The molecule has 0 atom stereocenters. The van der Waals surface area contributed by atoms with Crippen LogP contribution >= 0.6 is 11.3 Å². The fourth-order valence-electron chi connectivity index (χ4n) is 2.60. The minimum absolute atomic E-state index is 0.0822. The number of hydrogen-bond donors (Lipinski definition) is 2. The summed E-state index contributed by atoms with van der Waals surface area (Å²) in [4.78, 5) is 24.7. The van der Waals surface area contributed by atoms with Crippen molar-refractivity contribution in [2.45, 2.75) is 25.7 Å². The number of primary amides is 1. The van der Waals surface area contributed by atoms with Gasteiger partial charge in [-0.1, -0.05) is 0 Å². The third-order valence-electron chi connectivity index (χ3n) is 3.73. The zero-order chi connectivity index (χ0) is 14.8. The average Bonchev–Trinajstić information content (AvgIpc) is 2.92. The Labute approximate surface area is 127 Å². The zero-order valence-corrected chi connectivity index (χ0v) is 12.3. The predicted octanol–water partition coefficient (Wildman–Crippen LogP) is 2.98. The van der Waals surface area contributed by atoms with Crippen LogP contribution in [0.3, 0.4) is 0 Å². The molecule has 5 heteroatoms. The summed E-state index contributed by atoms with van der Waals surface area (Å²) >= 11 is 1.68. The number of nitrogens with two attached hydrogens (primary N) is 1. The Morgan fingerprint density at radius 3 is 2.52 bits per heavy atom. The van der Waals surface area contributed by atoms with E-state index in [0.717, 1.165) is 24.8 Å². The van der Waals surface area contributed by atoms with Gasteiger partial charge in [0.2, 0.25) is 5.91 Å². The second-order valence-electron chi connectivity index (χ2n) is 5.15. The van der Waals surface area contributed by atoms with Crippen molar-refractivity contribution in [3.63, 3.8) is 0 Å². The van der Waals surface area contributed by atoms with Gasteiger partial charge in [-0.05, 0) is 55.5 Å². The van der Waals surface area contributed by atoms with Crippen molar-refractivity contribution in [2.24, 2.45) is 5.73 Å². The summed E-state index contributed by atoms with van der Waals surface area (Å²) in [5.41, 5.74) is 8.28. The Kier molecular flexibility index (Phi) is 3.75. The van der Waals surface area contributed by atoms with Crippen molar-refractivity contribution in [3.05, 3.63) is 51.2 Å². The Morgan fingerprint density at radius 2 is 1.81 bits per heavy atom. The Bertz CT molecular complexity index is 689. The van der Waals surface area contributed by atoms with Gasteiger partial charge >= 0.3 is 0 Å². The summed E-state index contributed by atoms with van der Waals surface area (Å²) in [5.74, 6) is -0.555. The monoisotopic (exact) mass is 300 g/mol. The summed E-state index contributed by atoms with van der Waals surface area (Å²) in [5, 5.41) is 4.82. The SMILES string of the molecule is NC(=O)c1ccc(NC(=O)c2csc3c2CCCC3)cc1. The minimum atomic E-state index is -0.472. The molecule has 3 N–H and O–H groups in total. The van der Waals surface area contributed by atoms with Gasteiger partial charge in [-0.3, -0.25) is 9.59 Å². The second-order valence-corrected chi connectivity index (χ2v) is 6.12. The van der Waals surface area contributed by atoms with E-state index in [4.69, 9.17) is 5.73 Å². The van der Waals surface area contributed by atoms with Gasteiger partial charge in [-0.15, -0.1) is 11.3 Å². The van der Waals surface area contributed by atoms with E-state index >= 15 is 0 Å². The Morgan fingerprint density at radius 1 is 1.10 bits per heavy atom. The molecule has 0 saturated heterocycles. The van der Waals surface area contributed by atoms with Gasteiger partial charge in [0, 0.05) is 21.5 Å². The lowest BCUT2D eigenvalue weighted by molar-refractivity contribution is 0.0998. The molecule has 0 saturated carbocycles. The molecule has 2 aromatic rings. The predicted molar refractivity (Wildman–Crippen MR) is 83.9 cm³/mol. The molecule has 1 aromatic heterocycles. The zero-order valence-electron chi connectivity index (χ0n) is 11.5. The van der Waals surface area contributed by atoms with Crippen molar-refractivity contribution in [1.29, 1.82) is 0 Å². The topological polar surface area (TPSA) is 72.2 Å². The maximum atomic E-state index is 12.4. The first-order valence-corrected chi connectivity index (χ1v) is 7.83. The lowest BCUT2D eigenvalue weighted by Gasteiger charge is -2.12. The van der Waals surface area contributed by atoms with Gasteiger partial charge in [0.05, 0.1) is 5.56 Å². The molecule has 21 heavy (non-hydrogen) atoms. The fourth-order valence-corrected chi connectivity index (χ4v) is 3.73. The van der Waals surface area contributed by atoms with Crippen molar-refractivity contribution in [2.75, 3.05) is 5.32 Å². The van der Waals surface area contributed by atoms with E-state index in [9.17, 15) is 9.59 Å². The highest BCUT2D eigenvalue weighted by Crippen LogP contribution is 2.30. The molecule has 1 aliphatic rings. The average molecular weight is 300 g/mol. The Balaban J connectivity index is 1.77. The van der Waals surface area contributed by atoms with Crippen molar-refractivity contribution < 1.29 is 9.59 Å². The number of thiophene rings is 1. The number of nitrogens with one attached hydrogen (secondary N) is 1. The van der Waals surface area contributed by atoms with Crippen LogP contribution in [0.25, 0.3) is 0 Å². The number of benzene rings is 1. The van der Waals surface area contributed by atoms with Crippen LogP contribution in [-0.4, -0.2) is 11.8 Å². The highest BCUT2D eigenvalue weighted by Gasteiger charge is 2.20. The van der Waals surface area contributed by atoms with Crippen molar-refractivity contribution >= 4 is 28.8 Å². The van der Waals surface area contributed by atoms with Gasteiger partial charge in [0.1, 0.15) is 0 Å². The number of fused-ring (bicyclic) bond motifs is 1. The standard InChI is InChI=1S/C16H16N2O2S/c17-15(19)10-5-7-11(8-6-10)18-16(20)13-9-21-14-4-2-1-3-12(13)14/h5-9H,1-4H2,(H2,17,19)(H,18,20). The molecule has 1 aromatic carbocycles. The summed E-state index contributed by atoms with van der Waals surface area (Å²) in [6, 6.07) is 6.61. The number of aryl methyl sites for hydroxylation is 1. The van der Waals surface area contributed by atoms with Gasteiger partial charge in [0.25, 0.3) is 5.91 Å². The van der Waals surface area contributed by atoms with Crippen molar-refractivity contribution in [1.82, 2.24) is 0 Å². The first kappa shape index (κ1) is 13.8. The number of carbonyl (C=O) groups is 2. The summed E-state index contributed by atoms with van der Waals surface area (Å²) in [7, 11) is 0. The van der Waals surface area contributed by atoms with E-state index in [1.807, 2.05) is 5.38 Å². The molecule has 2 amide bonds. The molecule has 0 radical (unpaired) electrons.